The number of anilines is 1. The van der Waals surface area contributed by atoms with Gasteiger partial charge >= 0.3 is 12.1 Å². The van der Waals surface area contributed by atoms with Crippen LogP contribution in [0.2, 0.25) is 0 Å². The molecule has 180 valence electrons. The molecule has 2 amide bonds. The first-order valence-corrected chi connectivity index (χ1v) is 11.2. The van der Waals surface area contributed by atoms with Gasteiger partial charge in [0.2, 0.25) is 0 Å². The molecule has 0 unspecified atom stereocenters. The Balaban J connectivity index is 1.69. The second-order valence-corrected chi connectivity index (χ2v) is 8.76. The van der Waals surface area contributed by atoms with Gasteiger partial charge in [-0.05, 0) is 79.7 Å². The molecule has 0 spiro atoms. The molecule has 1 aromatic heterocycles. The van der Waals surface area contributed by atoms with Crippen molar-refractivity contribution in [2.24, 2.45) is 0 Å². The van der Waals surface area contributed by atoms with E-state index in [1.807, 2.05) is 30.5 Å². The number of thioether (sulfide) groups is 1. The number of nitrogens with zero attached hydrogens (tertiary/aromatic N) is 2. The number of carbonyl (C=O) groups is 3. The third kappa shape index (κ3) is 4.61. The fourth-order valence-corrected chi connectivity index (χ4v) is 4.71. The molecule has 1 aliphatic heterocycles. The first kappa shape index (κ1) is 24.3. The Hall–Kier alpha value is -3.79. The Bertz CT molecular complexity index is 1390. The predicted octanol–water partition coefficient (Wildman–Crippen LogP) is 6.14. The third-order valence-electron chi connectivity index (χ3n) is 5.51. The zero-order valence-corrected chi connectivity index (χ0v) is 19.7. The molecule has 4 rings (SSSR count). The van der Waals surface area contributed by atoms with Crippen molar-refractivity contribution in [1.29, 1.82) is 0 Å². The molecule has 35 heavy (non-hydrogen) atoms. The van der Waals surface area contributed by atoms with Crippen molar-refractivity contribution in [2.75, 3.05) is 12.0 Å². The van der Waals surface area contributed by atoms with Gasteiger partial charge in [0.25, 0.3) is 11.1 Å². The van der Waals surface area contributed by atoms with E-state index in [1.54, 1.807) is 24.3 Å². The Labute approximate surface area is 203 Å². The van der Waals surface area contributed by atoms with Gasteiger partial charge in [-0.25, -0.2) is 9.69 Å². The molecule has 0 aliphatic carbocycles. The van der Waals surface area contributed by atoms with Crippen molar-refractivity contribution in [3.8, 4) is 5.69 Å². The molecule has 1 fully saturated rings. The van der Waals surface area contributed by atoms with E-state index in [1.165, 1.54) is 13.2 Å². The number of esters is 1. The number of imide groups is 1. The summed E-state index contributed by atoms with van der Waals surface area (Å²) in [4.78, 5) is 38.3. The van der Waals surface area contributed by atoms with Crippen LogP contribution < -0.4 is 4.90 Å². The number of carbonyl (C=O) groups excluding carboxylic acids is 3. The van der Waals surface area contributed by atoms with Crippen LogP contribution in [0.5, 0.6) is 0 Å². The Morgan fingerprint density at radius 3 is 2.37 bits per heavy atom. The van der Waals surface area contributed by atoms with E-state index < -0.39 is 28.9 Å². The number of rotatable bonds is 4. The van der Waals surface area contributed by atoms with Gasteiger partial charge in [-0.1, -0.05) is 12.1 Å². The number of amides is 2. The standard InChI is InChI=1S/C25H19F3N2O4S/c1-14-10-17(15(2)29(14)19-8-4-6-16(11-19)23(32)34-3)12-21-22(31)30(24(33)35-21)20-9-5-7-18(13-20)25(26,27)28/h4-13H,1-3H3/b21-12-. The van der Waals surface area contributed by atoms with Gasteiger partial charge in [0.1, 0.15) is 0 Å². The van der Waals surface area contributed by atoms with Crippen molar-refractivity contribution in [3.63, 3.8) is 0 Å². The minimum Gasteiger partial charge on any atom is -0.465 e. The van der Waals surface area contributed by atoms with Crippen molar-refractivity contribution < 1.29 is 32.3 Å². The summed E-state index contributed by atoms with van der Waals surface area (Å²) in [5, 5.41) is -0.680. The largest absolute Gasteiger partial charge is 0.465 e. The molecule has 0 N–H and O–H groups in total. The maximum absolute atomic E-state index is 13.1. The monoisotopic (exact) mass is 500 g/mol. The number of hydrogen-bond acceptors (Lipinski definition) is 5. The van der Waals surface area contributed by atoms with E-state index in [4.69, 9.17) is 4.74 Å². The van der Waals surface area contributed by atoms with E-state index in [2.05, 4.69) is 0 Å². The molecule has 10 heteroatoms. The van der Waals surface area contributed by atoms with Crippen LogP contribution >= 0.6 is 11.8 Å². The van der Waals surface area contributed by atoms with Crippen LogP contribution in [0.15, 0.2) is 59.5 Å². The summed E-state index contributed by atoms with van der Waals surface area (Å²) < 4.78 is 45.9. The number of halogens is 3. The first-order valence-electron chi connectivity index (χ1n) is 10.3. The van der Waals surface area contributed by atoms with Crippen molar-refractivity contribution >= 4 is 40.6 Å². The van der Waals surface area contributed by atoms with Crippen molar-refractivity contribution in [1.82, 2.24) is 4.57 Å². The molecule has 0 atom stereocenters. The van der Waals surface area contributed by atoms with Crippen molar-refractivity contribution in [2.45, 2.75) is 20.0 Å². The van der Waals surface area contributed by atoms with E-state index in [0.717, 1.165) is 34.5 Å². The highest BCUT2D eigenvalue weighted by Crippen LogP contribution is 2.39. The minimum absolute atomic E-state index is 0.0935. The first-order chi connectivity index (χ1) is 16.5. The second kappa shape index (κ2) is 9.10. The highest BCUT2D eigenvalue weighted by atomic mass is 32.2. The van der Waals surface area contributed by atoms with Crippen LogP contribution in [0, 0.1) is 13.8 Å². The molecular formula is C25H19F3N2O4S. The van der Waals surface area contributed by atoms with Crippen LogP contribution in [-0.4, -0.2) is 28.8 Å². The van der Waals surface area contributed by atoms with E-state index in [-0.39, 0.29) is 10.6 Å². The van der Waals surface area contributed by atoms with E-state index >= 15 is 0 Å². The highest BCUT2D eigenvalue weighted by Gasteiger charge is 2.38. The maximum Gasteiger partial charge on any atom is 0.416 e. The fraction of sp³-hybridized carbons (Fsp3) is 0.160. The molecule has 0 radical (unpaired) electrons. The van der Waals surface area contributed by atoms with Crippen molar-refractivity contribution in [3.05, 3.63) is 87.6 Å². The number of alkyl halides is 3. The summed E-state index contributed by atoms with van der Waals surface area (Å²) in [5.74, 6) is -1.17. The highest BCUT2D eigenvalue weighted by molar-refractivity contribution is 8.19. The lowest BCUT2D eigenvalue weighted by atomic mass is 10.1. The van der Waals surface area contributed by atoms with Crippen LogP contribution in [0.25, 0.3) is 11.8 Å². The number of benzene rings is 2. The van der Waals surface area contributed by atoms with Crippen LogP contribution in [0.1, 0.15) is 32.9 Å². The molecule has 0 bridgehead atoms. The lowest BCUT2D eigenvalue weighted by molar-refractivity contribution is -0.137. The molecule has 2 heterocycles. The van der Waals surface area contributed by atoms with Gasteiger partial charge in [0.05, 0.1) is 28.8 Å². The average molecular weight is 500 g/mol. The molecule has 0 saturated carbocycles. The maximum atomic E-state index is 13.1. The third-order valence-corrected chi connectivity index (χ3v) is 6.38. The number of methoxy groups -OCH3 is 1. The molecule has 1 saturated heterocycles. The fourth-order valence-electron chi connectivity index (χ4n) is 3.87. The minimum atomic E-state index is -4.60. The SMILES string of the molecule is COC(=O)c1cccc(-n2c(C)cc(/C=C3\SC(=O)N(c4cccc(C(F)(F)F)c4)C3=O)c2C)c1. The summed E-state index contributed by atoms with van der Waals surface area (Å²) in [7, 11) is 1.30. The van der Waals surface area contributed by atoms with Gasteiger partial charge in [-0.3, -0.25) is 9.59 Å². The quantitative estimate of drug-likeness (QED) is 0.318. The van der Waals surface area contributed by atoms with Gasteiger partial charge in [-0.2, -0.15) is 13.2 Å². The van der Waals surface area contributed by atoms with Crippen LogP contribution in [0.4, 0.5) is 23.7 Å². The zero-order chi connectivity index (χ0) is 25.5. The Morgan fingerprint density at radius 1 is 1.00 bits per heavy atom. The average Bonchev–Trinajstić information content (AvgIpc) is 3.26. The van der Waals surface area contributed by atoms with Gasteiger partial charge in [-0.15, -0.1) is 0 Å². The second-order valence-electron chi connectivity index (χ2n) is 7.77. The Morgan fingerprint density at radius 2 is 1.69 bits per heavy atom. The van der Waals surface area contributed by atoms with Gasteiger partial charge in [0.15, 0.2) is 0 Å². The molecule has 2 aromatic carbocycles. The van der Waals surface area contributed by atoms with Gasteiger partial charge in [0, 0.05) is 17.1 Å². The van der Waals surface area contributed by atoms with E-state index in [0.29, 0.717) is 28.6 Å². The predicted molar refractivity (Wildman–Crippen MR) is 126 cm³/mol. The summed E-state index contributed by atoms with van der Waals surface area (Å²) in [6, 6.07) is 12.8. The smallest absolute Gasteiger partial charge is 0.416 e. The number of hydrogen-bond donors (Lipinski definition) is 0. The lowest BCUT2D eigenvalue weighted by Crippen LogP contribution is -2.28. The van der Waals surface area contributed by atoms with E-state index in [9.17, 15) is 27.6 Å². The summed E-state index contributed by atoms with van der Waals surface area (Å²) in [6.07, 6.45) is -3.06. The molecular weight excluding hydrogens is 481 g/mol. The number of aryl methyl sites for hydroxylation is 1. The summed E-state index contributed by atoms with van der Waals surface area (Å²) in [6.45, 7) is 3.67. The Kier molecular flexibility index (Phi) is 6.33. The number of aromatic nitrogens is 1. The lowest BCUT2D eigenvalue weighted by Gasteiger charge is -2.14. The summed E-state index contributed by atoms with van der Waals surface area (Å²) in [5.41, 5.74) is 2.20. The molecule has 6 nitrogen and oxygen atoms in total. The topological polar surface area (TPSA) is 68.6 Å². The zero-order valence-electron chi connectivity index (χ0n) is 18.8. The van der Waals surface area contributed by atoms with Crippen LogP contribution in [0.3, 0.4) is 0 Å². The van der Waals surface area contributed by atoms with Gasteiger partial charge < -0.3 is 9.30 Å². The normalized spacial score (nSPS) is 15.3. The molecule has 3 aromatic rings. The summed E-state index contributed by atoms with van der Waals surface area (Å²) >= 11 is 0.661. The number of ether oxygens (including phenoxy) is 1. The van der Waals surface area contributed by atoms with Crippen LogP contribution in [-0.2, 0) is 15.7 Å². The molecule has 1 aliphatic rings.